The number of benzene rings is 1. The third-order valence-electron chi connectivity index (χ3n) is 2.35. The molecule has 3 nitrogen and oxygen atoms in total. The van der Waals surface area contributed by atoms with Gasteiger partial charge in [0.2, 0.25) is 5.91 Å². The van der Waals surface area contributed by atoms with Crippen LogP contribution in [0.3, 0.4) is 0 Å². The summed E-state index contributed by atoms with van der Waals surface area (Å²) in [6.45, 7) is 3.52. The van der Waals surface area contributed by atoms with Crippen LogP contribution >= 0.6 is 23.2 Å². The Morgan fingerprint density at radius 2 is 2.06 bits per heavy atom. The number of aryl methyl sites for hydroxylation is 1. The summed E-state index contributed by atoms with van der Waals surface area (Å²) in [6, 6.07) is 5.22. The van der Waals surface area contributed by atoms with Gasteiger partial charge >= 0.3 is 0 Å². The third-order valence-corrected chi connectivity index (χ3v) is 2.94. The zero-order valence-corrected chi connectivity index (χ0v) is 12.0. The Bertz CT molecular complexity index is 427. The maximum Gasteiger partial charge on any atom is 0.220 e. The lowest BCUT2D eigenvalue weighted by Gasteiger charge is -2.17. The molecule has 2 N–H and O–H groups in total. The molecule has 1 aromatic rings. The molecule has 0 saturated heterocycles. The summed E-state index contributed by atoms with van der Waals surface area (Å²) >= 11 is 11.8. The van der Waals surface area contributed by atoms with Crippen LogP contribution < -0.4 is 5.32 Å². The average Bonchev–Trinajstić information content (AvgIpc) is 2.24. The van der Waals surface area contributed by atoms with Crippen LogP contribution in [0.1, 0.15) is 25.8 Å². The van der Waals surface area contributed by atoms with E-state index in [0.29, 0.717) is 22.9 Å². The zero-order valence-electron chi connectivity index (χ0n) is 10.5. The van der Waals surface area contributed by atoms with Gasteiger partial charge in [-0.2, -0.15) is 0 Å². The first-order valence-electron chi connectivity index (χ1n) is 5.71. The number of halogens is 2. The van der Waals surface area contributed by atoms with Gasteiger partial charge in [0.05, 0.1) is 5.60 Å². The molecule has 100 valence electrons. The molecule has 1 aromatic carbocycles. The van der Waals surface area contributed by atoms with Crippen molar-refractivity contribution in [2.45, 2.75) is 32.3 Å². The average molecular weight is 290 g/mol. The highest BCUT2D eigenvalue weighted by atomic mass is 35.5. The monoisotopic (exact) mass is 289 g/mol. The number of aliphatic hydroxyl groups is 1. The Balaban J connectivity index is 2.43. The minimum absolute atomic E-state index is 0.108. The number of hydrogen-bond acceptors (Lipinski definition) is 2. The minimum atomic E-state index is -0.895. The lowest BCUT2D eigenvalue weighted by atomic mass is 10.1. The molecule has 0 aromatic heterocycles. The number of rotatable bonds is 5. The van der Waals surface area contributed by atoms with Crippen molar-refractivity contribution in [2.24, 2.45) is 0 Å². The summed E-state index contributed by atoms with van der Waals surface area (Å²) in [6.07, 6.45) is 0.880. The van der Waals surface area contributed by atoms with Crippen LogP contribution in [0, 0.1) is 0 Å². The molecule has 0 unspecified atom stereocenters. The van der Waals surface area contributed by atoms with Gasteiger partial charge in [0.1, 0.15) is 0 Å². The Labute approximate surface area is 117 Å². The lowest BCUT2D eigenvalue weighted by Crippen LogP contribution is -2.38. The van der Waals surface area contributed by atoms with Crippen LogP contribution in [0.15, 0.2) is 18.2 Å². The van der Waals surface area contributed by atoms with Crippen LogP contribution in [-0.2, 0) is 11.2 Å². The van der Waals surface area contributed by atoms with Crippen LogP contribution in [0.2, 0.25) is 10.0 Å². The molecule has 0 heterocycles. The van der Waals surface area contributed by atoms with Crippen molar-refractivity contribution in [1.29, 1.82) is 0 Å². The fraction of sp³-hybridized carbons (Fsp3) is 0.462. The summed E-state index contributed by atoms with van der Waals surface area (Å²) in [5.41, 5.74) is -0.00686. The van der Waals surface area contributed by atoms with E-state index in [2.05, 4.69) is 5.32 Å². The maximum absolute atomic E-state index is 11.5. The van der Waals surface area contributed by atoms with Gasteiger partial charge in [-0.1, -0.05) is 29.3 Å². The number of carbonyl (C=O) groups is 1. The summed E-state index contributed by atoms with van der Waals surface area (Å²) in [5, 5.41) is 13.3. The normalized spacial score (nSPS) is 11.4. The maximum atomic E-state index is 11.5. The Kier molecular flexibility index (Phi) is 5.45. The van der Waals surface area contributed by atoms with Crippen LogP contribution in [0.5, 0.6) is 0 Å². The van der Waals surface area contributed by atoms with Crippen LogP contribution in [0.25, 0.3) is 0 Å². The van der Waals surface area contributed by atoms with E-state index in [1.54, 1.807) is 26.0 Å². The number of amides is 1. The standard InChI is InChI=1S/C13H17Cl2NO2/c1-13(2,18)8-16-12(17)6-4-9-3-5-10(14)7-11(9)15/h3,5,7,18H,4,6,8H2,1-2H3,(H,16,17). The molecule has 0 bridgehead atoms. The van der Waals surface area contributed by atoms with Gasteiger partial charge in [-0.3, -0.25) is 4.79 Å². The molecule has 18 heavy (non-hydrogen) atoms. The zero-order chi connectivity index (χ0) is 13.8. The van der Waals surface area contributed by atoms with Gasteiger partial charge in [-0.25, -0.2) is 0 Å². The van der Waals surface area contributed by atoms with Crippen molar-refractivity contribution < 1.29 is 9.90 Å². The highest BCUT2D eigenvalue weighted by Gasteiger charge is 2.14. The van der Waals surface area contributed by atoms with E-state index in [0.717, 1.165) is 5.56 Å². The molecule has 0 saturated carbocycles. The first-order chi connectivity index (χ1) is 8.28. The summed E-state index contributed by atoms with van der Waals surface area (Å²) < 4.78 is 0. The fourth-order valence-corrected chi connectivity index (χ4v) is 1.88. The SMILES string of the molecule is CC(C)(O)CNC(=O)CCc1ccc(Cl)cc1Cl. The van der Waals surface area contributed by atoms with E-state index < -0.39 is 5.60 Å². The summed E-state index contributed by atoms with van der Waals surface area (Å²) in [7, 11) is 0. The van der Waals surface area contributed by atoms with E-state index in [9.17, 15) is 9.90 Å². The van der Waals surface area contributed by atoms with Crippen molar-refractivity contribution >= 4 is 29.1 Å². The molecule has 1 amide bonds. The third kappa shape index (κ3) is 5.71. The van der Waals surface area contributed by atoms with E-state index >= 15 is 0 Å². The lowest BCUT2D eigenvalue weighted by molar-refractivity contribution is -0.122. The molecule has 0 radical (unpaired) electrons. The highest BCUT2D eigenvalue weighted by Crippen LogP contribution is 2.21. The quantitative estimate of drug-likeness (QED) is 0.876. The van der Waals surface area contributed by atoms with Gasteiger partial charge in [0.25, 0.3) is 0 Å². The van der Waals surface area contributed by atoms with Crippen molar-refractivity contribution in [3.05, 3.63) is 33.8 Å². The van der Waals surface area contributed by atoms with Gasteiger partial charge < -0.3 is 10.4 Å². The van der Waals surface area contributed by atoms with Crippen molar-refractivity contribution in [3.63, 3.8) is 0 Å². The van der Waals surface area contributed by atoms with E-state index in [1.165, 1.54) is 0 Å². The number of carbonyl (C=O) groups excluding carboxylic acids is 1. The fourth-order valence-electron chi connectivity index (χ4n) is 1.38. The van der Waals surface area contributed by atoms with Gasteiger partial charge in [0.15, 0.2) is 0 Å². The molecule has 0 aliphatic carbocycles. The molecular formula is C13H17Cl2NO2. The predicted molar refractivity (Wildman–Crippen MR) is 74.1 cm³/mol. The van der Waals surface area contributed by atoms with Crippen molar-refractivity contribution in [3.8, 4) is 0 Å². The molecule has 0 aliphatic rings. The van der Waals surface area contributed by atoms with E-state index in [1.807, 2.05) is 6.07 Å². The Morgan fingerprint density at radius 1 is 1.39 bits per heavy atom. The second-order valence-electron chi connectivity index (χ2n) is 4.82. The van der Waals surface area contributed by atoms with Gasteiger partial charge in [0, 0.05) is 23.0 Å². The second-order valence-corrected chi connectivity index (χ2v) is 5.67. The molecular weight excluding hydrogens is 273 g/mol. The predicted octanol–water partition coefficient (Wildman–Crippen LogP) is 2.81. The minimum Gasteiger partial charge on any atom is -0.389 e. The smallest absolute Gasteiger partial charge is 0.220 e. The molecule has 1 rings (SSSR count). The largest absolute Gasteiger partial charge is 0.389 e. The van der Waals surface area contributed by atoms with Crippen molar-refractivity contribution in [2.75, 3.05) is 6.54 Å². The molecule has 0 atom stereocenters. The van der Waals surface area contributed by atoms with Crippen molar-refractivity contribution in [1.82, 2.24) is 5.32 Å². The topological polar surface area (TPSA) is 49.3 Å². The Hall–Kier alpha value is -0.770. The summed E-state index contributed by atoms with van der Waals surface area (Å²) in [4.78, 5) is 11.5. The second kappa shape index (κ2) is 6.41. The van der Waals surface area contributed by atoms with Crippen LogP contribution in [0.4, 0.5) is 0 Å². The van der Waals surface area contributed by atoms with Crippen LogP contribution in [-0.4, -0.2) is 23.2 Å². The van der Waals surface area contributed by atoms with Gasteiger partial charge in [-0.15, -0.1) is 0 Å². The first kappa shape index (κ1) is 15.3. The first-order valence-corrected chi connectivity index (χ1v) is 6.46. The van der Waals surface area contributed by atoms with Gasteiger partial charge in [-0.05, 0) is 38.0 Å². The summed E-state index contributed by atoms with van der Waals surface area (Å²) in [5.74, 6) is -0.108. The van der Waals surface area contributed by atoms with E-state index in [-0.39, 0.29) is 12.5 Å². The number of hydrogen-bond donors (Lipinski definition) is 2. The molecule has 5 heteroatoms. The van der Waals surface area contributed by atoms with E-state index in [4.69, 9.17) is 23.2 Å². The number of nitrogens with one attached hydrogen (secondary N) is 1. The highest BCUT2D eigenvalue weighted by molar-refractivity contribution is 6.35. The Morgan fingerprint density at radius 3 is 2.61 bits per heavy atom. The molecule has 0 spiro atoms. The molecule has 0 aliphatic heterocycles. The molecule has 0 fully saturated rings.